The second kappa shape index (κ2) is 4.89. The van der Waals surface area contributed by atoms with Crippen molar-refractivity contribution in [2.75, 3.05) is 7.11 Å². The van der Waals surface area contributed by atoms with E-state index in [0.717, 1.165) is 0 Å². The summed E-state index contributed by atoms with van der Waals surface area (Å²) in [4.78, 5) is 18.2. The summed E-state index contributed by atoms with van der Waals surface area (Å²) in [5.41, 5.74) is 0.304. The molecule has 0 amide bonds. The minimum Gasteiger partial charge on any atom is -0.496 e. The molecule has 0 fully saturated rings. The number of aromatic nitrogens is 2. The molecule has 1 N–H and O–H groups in total. The maximum atomic E-state index is 11.5. The molecule has 88 valence electrons. The van der Waals surface area contributed by atoms with Gasteiger partial charge in [-0.15, -0.1) is 0 Å². The number of hydrogen-bond donors (Lipinski definition) is 1. The molecule has 1 aromatic heterocycles. The third-order valence-electron chi connectivity index (χ3n) is 2.19. The van der Waals surface area contributed by atoms with Gasteiger partial charge in [-0.3, -0.25) is 4.79 Å². The number of methoxy groups -OCH3 is 1. The molecule has 0 unspecified atom stereocenters. The molecule has 17 heavy (non-hydrogen) atoms. The van der Waals surface area contributed by atoms with Gasteiger partial charge in [0.25, 0.3) is 5.56 Å². The van der Waals surface area contributed by atoms with E-state index < -0.39 is 0 Å². The van der Waals surface area contributed by atoms with Crippen LogP contribution in [-0.2, 0) is 0 Å². The number of nitrogens with one attached hydrogen (secondary N) is 1. The van der Waals surface area contributed by atoms with Crippen molar-refractivity contribution < 1.29 is 4.74 Å². The SMILES string of the molecule is COc1cccc(Cl)c1-c1ncc(Br)c(=O)[nH]1. The van der Waals surface area contributed by atoms with E-state index in [-0.39, 0.29) is 5.56 Å². The largest absolute Gasteiger partial charge is 0.496 e. The van der Waals surface area contributed by atoms with Gasteiger partial charge >= 0.3 is 0 Å². The van der Waals surface area contributed by atoms with E-state index in [0.29, 0.717) is 26.6 Å². The summed E-state index contributed by atoms with van der Waals surface area (Å²) in [5, 5.41) is 0.467. The highest BCUT2D eigenvalue weighted by atomic mass is 79.9. The first-order valence-corrected chi connectivity index (χ1v) is 5.88. The molecule has 1 heterocycles. The maximum absolute atomic E-state index is 11.5. The summed E-state index contributed by atoms with van der Waals surface area (Å²) in [5.74, 6) is 0.934. The lowest BCUT2D eigenvalue weighted by Gasteiger charge is -2.09. The third kappa shape index (κ3) is 2.35. The molecule has 0 aliphatic carbocycles. The van der Waals surface area contributed by atoms with E-state index in [1.807, 2.05) is 0 Å². The zero-order valence-corrected chi connectivity index (χ0v) is 11.2. The molecular formula is C11H8BrClN2O2. The minimum atomic E-state index is -0.267. The highest BCUT2D eigenvalue weighted by Gasteiger charge is 2.12. The van der Waals surface area contributed by atoms with Gasteiger partial charge in [0, 0.05) is 6.20 Å². The van der Waals surface area contributed by atoms with Crippen molar-refractivity contribution in [2.45, 2.75) is 0 Å². The maximum Gasteiger partial charge on any atom is 0.265 e. The summed E-state index contributed by atoms with van der Waals surface area (Å²) >= 11 is 9.17. The average Bonchev–Trinajstić information content (AvgIpc) is 2.32. The Balaban J connectivity index is 2.67. The van der Waals surface area contributed by atoms with Gasteiger partial charge in [0.2, 0.25) is 0 Å². The Morgan fingerprint density at radius 2 is 2.24 bits per heavy atom. The summed E-state index contributed by atoms with van der Waals surface area (Å²) in [6.07, 6.45) is 1.43. The van der Waals surface area contributed by atoms with Crippen molar-refractivity contribution in [3.63, 3.8) is 0 Å². The zero-order valence-electron chi connectivity index (χ0n) is 8.83. The van der Waals surface area contributed by atoms with Crippen molar-refractivity contribution in [3.8, 4) is 17.1 Å². The normalized spacial score (nSPS) is 10.3. The van der Waals surface area contributed by atoms with Crippen molar-refractivity contribution in [1.29, 1.82) is 0 Å². The highest BCUT2D eigenvalue weighted by molar-refractivity contribution is 9.10. The molecule has 0 aliphatic rings. The van der Waals surface area contributed by atoms with Crippen LogP contribution in [0.2, 0.25) is 5.02 Å². The number of H-pyrrole nitrogens is 1. The average molecular weight is 316 g/mol. The van der Waals surface area contributed by atoms with E-state index in [9.17, 15) is 4.79 Å². The monoisotopic (exact) mass is 314 g/mol. The fraction of sp³-hybridized carbons (Fsp3) is 0.0909. The molecule has 0 spiro atoms. The van der Waals surface area contributed by atoms with Crippen LogP contribution in [0.25, 0.3) is 11.4 Å². The molecule has 2 aromatic rings. The Kier molecular flexibility index (Phi) is 3.49. The lowest BCUT2D eigenvalue weighted by atomic mass is 10.2. The lowest BCUT2D eigenvalue weighted by Crippen LogP contribution is -2.09. The Morgan fingerprint density at radius 3 is 2.88 bits per heavy atom. The van der Waals surface area contributed by atoms with Gasteiger partial charge in [-0.2, -0.15) is 0 Å². The van der Waals surface area contributed by atoms with E-state index in [1.165, 1.54) is 13.3 Å². The van der Waals surface area contributed by atoms with Gasteiger partial charge < -0.3 is 9.72 Å². The smallest absolute Gasteiger partial charge is 0.265 e. The van der Waals surface area contributed by atoms with E-state index in [4.69, 9.17) is 16.3 Å². The summed E-state index contributed by atoms with van der Waals surface area (Å²) in [6, 6.07) is 5.23. The zero-order chi connectivity index (χ0) is 12.4. The van der Waals surface area contributed by atoms with Crippen LogP contribution < -0.4 is 10.3 Å². The first kappa shape index (κ1) is 12.1. The molecule has 0 saturated carbocycles. The number of halogens is 2. The molecule has 6 heteroatoms. The van der Waals surface area contributed by atoms with Crippen LogP contribution in [0.3, 0.4) is 0 Å². The third-order valence-corrected chi connectivity index (χ3v) is 3.07. The number of ether oxygens (including phenoxy) is 1. The Bertz CT molecular complexity index is 613. The number of hydrogen-bond acceptors (Lipinski definition) is 3. The van der Waals surface area contributed by atoms with Gasteiger partial charge in [0.15, 0.2) is 0 Å². The number of benzene rings is 1. The molecule has 1 aromatic carbocycles. The van der Waals surface area contributed by atoms with Crippen LogP contribution in [0.1, 0.15) is 0 Å². The van der Waals surface area contributed by atoms with Crippen LogP contribution in [-0.4, -0.2) is 17.1 Å². The first-order chi connectivity index (χ1) is 8.13. The molecular weight excluding hydrogens is 307 g/mol. The van der Waals surface area contributed by atoms with Crippen LogP contribution in [0, 0.1) is 0 Å². The van der Waals surface area contributed by atoms with Crippen LogP contribution >= 0.6 is 27.5 Å². The Labute approximate surface area is 111 Å². The van der Waals surface area contributed by atoms with Crippen LogP contribution in [0.5, 0.6) is 5.75 Å². The summed E-state index contributed by atoms with van der Waals surface area (Å²) in [6.45, 7) is 0. The fourth-order valence-electron chi connectivity index (χ4n) is 1.41. The summed E-state index contributed by atoms with van der Waals surface area (Å²) in [7, 11) is 1.53. The van der Waals surface area contributed by atoms with E-state index >= 15 is 0 Å². The predicted molar refractivity (Wildman–Crippen MR) is 69.6 cm³/mol. The summed E-state index contributed by atoms with van der Waals surface area (Å²) < 4.78 is 5.56. The van der Waals surface area contributed by atoms with Gasteiger partial charge in [-0.25, -0.2) is 4.98 Å². The minimum absolute atomic E-state index is 0.267. The quantitative estimate of drug-likeness (QED) is 0.927. The molecule has 0 saturated heterocycles. The van der Waals surface area contributed by atoms with Crippen molar-refractivity contribution in [1.82, 2.24) is 9.97 Å². The van der Waals surface area contributed by atoms with Gasteiger partial charge in [-0.05, 0) is 28.1 Å². The fourth-order valence-corrected chi connectivity index (χ4v) is 1.87. The number of aromatic amines is 1. The van der Waals surface area contributed by atoms with Crippen molar-refractivity contribution in [2.24, 2.45) is 0 Å². The molecule has 0 aliphatic heterocycles. The van der Waals surface area contributed by atoms with Crippen LogP contribution in [0.15, 0.2) is 33.7 Å². The number of nitrogens with zero attached hydrogens (tertiary/aromatic N) is 1. The standard InChI is InChI=1S/C11H8BrClN2O2/c1-17-8-4-2-3-7(13)9(8)10-14-5-6(12)11(16)15-10/h2-5H,1H3,(H,14,15,16). The van der Waals surface area contributed by atoms with Gasteiger partial charge in [0.1, 0.15) is 16.0 Å². The Morgan fingerprint density at radius 1 is 1.47 bits per heavy atom. The van der Waals surface area contributed by atoms with E-state index in [1.54, 1.807) is 18.2 Å². The molecule has 0 radical (unpaired) electrons. The topological polar surface area (TPSA) is 55.0 Å². The van der Waals surface area contributed by atoms with Crippen LogP contribution in [0.4, 0.5) is 0 Å². The van der Waals surface area contributed by atoms with Crippen molar-refractivity contribution >= 4 is 27.5 Å². The van der Waals surface area contributed by atoms with E-state index in [2.05, 4.69) is 25.9 Å². The highest BCUT2D eigenvalue weighted by Crippen LogP contribution is 2.33. The molecule has 4 nitrogen and oxygen atoms in total. The Hall–Kier alpha value is -1.33. The molecule has 0 bridgehead atoms. The second-order valence-corrected chi connectivity index (χ2v) is 4.49. The van der Waals surface area contributed by atoms with Gasteiger partial charge in [-0.1, -0.05) is 17.7 Å². The second-order valence-electron chi connectivity index (χ2n) is 3.23. The first-order valence-electron chi connectivity index (χ1n) is 4.71. The number of rotatable bonds is 2. The van der Waals surface area contributed by atoms with Crippen molar-refractivity contribution in [3.05, 3.63) is 44.2 Å². The predicted octanol–water partition coefficient (Wildman–Crippen LogP) is 2.86. The molecule has 2 rings (SSSR count). The van der Waals surface area contributed by atoms with Gasteiger partial charge in [0.05, 0.1) is 17.7 Å². The lowest BCUT2D eigenvalue weighted by molar-refractivity contribution is 0.416. The molecule has 0 atom stereocenters.